The van der Waals surface area contributed by atoms with Crippen molar-refractivity contribution in [3.05, 3.63) is 0 Å². The zero-order valence-electron chi connectivity index (χ0n) is 7.21. The van der Waals surface area contributed by atoms with Gasteiger partial charge in [0.05, 0.1) is 0 Å². The third kappa shape index (κ3) is 1.54. The lowest BCUT2D eigenvalue weighted by Crippen LogP contribution is -2.29. The number of ether oxygens (including phenoxy) is 1. The highest BCUT2D eigenvalue weighted by atomic mass is 16.6. The summed E-state index contributed by atoms with van der Waals surface area (Å²) in [6, 6.07) is 0. The maximum atomic E-state index is 11.0. The highest BCUT2D eigenvalue weighted by molar-refractivity contribution is 5.67. The molecule has 1 saturated carbocycles. The Labute approximate surface area is 72.5 Å². The summed E-state index contributed by atoms with van der Waals surface area (Å²) in [7, 11) is 0. The number of amides is 1. The van der Waals surface area contributed by atoms with E-state index >= 15 is 0 Å². The van der Waals surface area contributed by atoms with Crippen LogP contribution in [0.25, 0.3) is 0 Å². The van der Waals surface area contributed by atoms with Gasteiger partial charge in [-0.25, -0.2) is 4.79 Å². The van der Waals surface area contributed by atoms with Crippen LogP contribution >= 0.6 is 0 Å². The van der Waals surface area contributed by atoms with Gasteiger partial charge < -0.3 is 10.1 Å². The van der Waals surface area contributed by atoms with E-state index in [0.717, 1.165) is 19.4 Å². The van der Waals surface area contributed by atoms with Crippen molar-refractivity contribution in [3.8, 4) is 0 Å². The summed E-state index contributed by atoms with van der Waals surface area (Å²) in [4.78, 5) is 11.0. The second-order valence-electron chi connectivity index (χ2n) is 3.70. The van der Waals surface area contributed by atoms with Gasteiger partial charge in [-0.15, -0.1) is 0 Å². The Morgan fingerprint density at radius 1 is 1.25 bits per heavy atom. The maximum Gasteiger partial charge on any atom is 0.407 e. The quantitative estimate of drug-likeness (QED) is 0.599. The van der Waals surface area contributed by atoms with Gasteiger partial charge in [0.25, 0.3) is 0 Å². The molecule has 1 heterocycles. The van der Waals surface area contributed by atoms with Crippen LogP contribution in [0.5, 0.6) is 0 Å². The van der Waals surface area contributed by atoms with Crippen LogP contribution in [0.1, 0.15) is 32.1 Å². The smallest absolute Gasteiger partial charge is 0.407 e. The van der Waals surface area contributed by atoms with Gasteiger partial charge in [0, 0.05) is 6.54 Å². The highest BCUT2D eigenvalue weighted by Gasteiger charge is 2.30. The number of hydrogen-bond acceptors (Lipinski definition) is 2. The Morgan fingerprint density at radius 3 is 3.00 bits per heavy atom. The van der Waals surface area contributed by atoms with Gasteiger partial charge in [0.1, 0.15) is 6.10 Å². The fourth-order valence-electron chi connectivity index (χ4n) is 2.20. The number of rotatable bonds is 0. The highest BCUT2D eigenvalue weighted by Crippen LogP contribution is 2.30. The van der Waals surface area contributed by atoms with E-state index < -0.39 is 0 Å². The topological polar surface area (TPSA) is 38.3 Å². The van der Waals surface area contributed by atoms with Crippen LogP contribution in [-0.4, -0.2) is 18.7 Å². The summed E-state index contributed by atoms with van der Waals surface area (Å²) in [5.74, 6) is 0.623. The molecule has 0 aromatic heterocycles. The standard InChI is InChI=1S/C9H15NO2/c11-9-10-6-5-7-3-1-2-4-8(7)12-9/h7-8H,1-6H2,(H,10,11)/t7-,8-/m1/s1. The molecule has 0 aromatic carbocycles. The van der Waals surface area contributed by atoms with Crippen molar-refractivity contribution in [1.29, 1.82) is 0 Å². The third-order valence-electron chi connectivity index (χ3n) is 2.88. The van der Waals surface area contributed by atoms with Crippen molar-refractivity contribution in [2.24, 2.45) is 5.92 Å². The maximum absolute atomic E-state index is 11.0. The van der Waals surface area contributed by atoms with Crippen molar-refractivity contribution < 1.29 is 9.53 Å². The Bertz CT molecular complexity index is 181. The molecule has 0 spiro atoms. The second kappa shape index (κ2) is 3.33. The van der Waals surface area contributed by atoms with E-state index in [-0.39, 0.29) is 12.2 Å². The number of alkyl carbamates (subject to hydrolysis) is 1. The Hall–Kier alpha value is -0.730. The average Bonchev–Trinajstić information content (AvgIpc) is 2.25. The van der Waals surface area contributed by atoms with E-state index in [1.54, 1.807) is 0 Å². The minimum atomic E-state index is -0.218. The first-order valence-corrected chi connectivity index (χ1v) is 4.81. The molecule has 2 aliphatic rings. The van der Waals surface area contributed by atoms with Crippen molar-refractivity contribution in [1.82, 2.24) is 5.32 Å². The summed E-state index contributed by atoms with van der Waals surface area (Å²) in [5, 5.41) is 2.74. The van der Waals surface area contributed by atoms with Gasteiger partial charge in [-0.3, -0.25) is 0 Å². The molecule has 2 atom stereocenters. The van der Waals surface area contributed by atoms with Gasteiger partial charge in [0.2, 0.25) is 0 Å². The number of fused-ring (bicyclic) bond motifs is 1. The molecule has 0 radical (unpaired) electrons. The lowest BCUT2D eigenvalue weighted by atomic mass is 9.84. The van der Waals surface area contributed by atoms with E-state index in [9.17, 15) is 4.79 Å². The predicted octanol–water partition coefficient (Wildman–Crippen LogP) is 1.68. The molecule has 1 amide bonds. The second-order valence-corrected chi connectivity index (χ2v) is 3.70. The first-order valence-electron chi connectivity index (χ1n) is 4.81. The lowest BCUT2D eigenvalue weighted by molar-refractivity contribution is 0.0481. The molecule has 12 heavy (non-hydrogen) atoms. The lowest BCUT2D eigenvalue weighted by Gasteiger charge is -2.28. The Kier molecular flexibility index (Phi) is 2.19. The van der Waals surface area contributed by atoms with Crippen LogP contribution in [-0.2, 0) is 4.74 Å². The summed E-state index contributed by atoms with van der Waals surface area (Å²) >= 11 is 0. The summed E-state index contributed by atoms with van der Waals surface area (Å²) in [5.41, 5.74) is 0. The van der Waals surface area contributed by atoms with Crippen molar-refractivity contribution >= 4 is 6.09 Å². The van der Waals surface area contributed by atoms with Gasteiger partial charge >= 0.3 is 6.09 Å². The van der Waals surface area contributed by atoms with Gasteiger partial charge in [-0.1, -0.05) is 6.42 Å². The first-order chi connectivity index (χ1) is 5.86. The SMILES string of the molecule is O=C1NCC[C@H]2CCCC[C@H]2O1. The summed E-state index contributed by atoms with van der Waals surface area (Å²) < 4.78 is 5.27. The van der Waals surface area contributed by atoms with Crippen LogP contribution in [0.2, 0.25) is 0 Å². The Balaban J connectivity index is 2.01. The number of carbonyl (C=O) groups is 1. The van der Waals surface area contributed by atoms with Crippen LogP contribution in [0.15, 0.2) is 0 Å². The van der Waals surface area contributed by atoms with Crippen molar-refractivity contribution in [2.45, 2.75) is 38.2 Å². The molecule has 1 N–H and O–H groups in total. The summed E-state index contributed by atoms with van der Waals surface area (Å²) in [6.07, 6.45) is 5.91. The number of nitrogens with one attached hydrogen (secondary N) is 1. The molecule has 3 nitrogen and oxygen atoms in total. The van der Waals surface area contributed by atoms with E-state index in [1.807, 2.05) is 0 Å². The largest absolute Gasteiger partial charge is 0.446 e. The third-order valence-corrected chi connectivity index (χ3v) is 2.88. The molecule has 1 saturated heterocycles. The molecule has 1 aliphatic carbocycles. The van der Waals surface area contributed by atoms with Crippen LogP contribution < -0.4 is 5.32 Å². The zero-order chi connectivity index (χ0) is 8.39. The van der Waals surface area contributed by atoms with E-state index in [0.29, 0.717) is 5.92 Å². The molecule has 0 aromatic rings. The molecule has 3 heteroatoms. The van der Waals surface area contributed by atoms with Crippen LogP contribution in [0, 0.1) is 5.92 Å². The monoisotopic (exact) mass is 169 g/mol. The Morgan fingerprint density at radius 2 is 2.08 bits per heavy atom. The molecule has 2 rings (SSSR count). The first kappa shape index (κ1) is 7.90. The van der Waals surface area contributed by atoms with Crippen LogP contribution in [0.4, 0.5) is 4.79 Å². The number of carbonyl (C=O) groups excluding carboxylic acids is 1. The fraction of sp³-hybridized carbons (Fsp3) is 0.889. The van der Waals surface area contributed by atoms with Crippen molar-refractivity contribution in [2.75, 3.05) is 6.54 Å². The summed E-state index contributed by atoms with van der Waals surface area (Å²) in [6.45, 7) is 0.792. The van der Waals surface area contributed by atoms with Crippen LogP contribution in [0.3, 0.4) is 0 Å². The minimum Gasteiger partial charge on any atom is -0.446 e. The van der Waals surface area contributed by atoms with E-state index in [4.69, 9.17) is 4.74 Å². The van der Waals surface area contributed by atoms with Gasteiger partial charge in [0.15, 0.2) is 0 Å². The van der Waals surface area contributed by atoms with Gasteiger partial charge in [-0.2, -0.15) is 0 Å². The molecule has 0 unspecified atom stereocenters. The van der Waals surface area contributed by atoms with E-state index in [1.165, 1.54) is 19.3 Å². The predicted molar refractivity (Wildman–Crippen MR) is 44.8 cm³/mol. The molecule has 68 valence electrons. The molecular weight excluding hydrogens is 154 g/mol. The molecule has 2 fully saturated rings. The van der Waals surface area contributed by atoms with Crippen molar-refractivity contribution in [3.63, 3.8) is 0 Å². The molecule has 0 bridgehead atoms. The number of hydrogen-bond donors (Lipinski definition) is 1. The van der Waals surface area contributed by atoms with E-state index in [2.05, 4.69) is 5.32 Å². The average molecular weight is 169 g/mol. The van der Waals surface area contributed by atoms with Gasteiger partial charge in [-0.05, 0) is 31.6 Å². The normalized spacial score (nSPS) is 35.8. The molecule has 1 aliphatic heterocycles. The molecular formula is C9H15NO2. The minimum absolute atomic E-state index is 0.209. The zero-order valence-corrected chi connectivity index (χ0v) is 7.21. The fourth-order valence-corrected chi connectivity index (χ4v) is 2.20.